The zero-order chi connectivity index (χ0) is 21.4. The summed E-state index contributed by atoms with van der Waals surface area (Å²) in [5.41, 5.74) is 3.53. The number of halogens is 1. The van der Waals surface area contributed by atoms with Crippen LogP contribution >= 0.6 is 27.3 Å². The molecule has 2 aromatic carbocycles. The van der Waals surface area contributed by atoms with Gasteiger partial charge >= 0.3 is 0 Å². The van der Waals surface area contributed by atoms with Gasteiger partial charge in [0.05, 0.1) is 28.4 Å². The van der Waals surface area contributed by atoms with Gasteiger partial charge < -0.3 is 9.64 Å². The third-order valence-electron chi connectivity index (χ3n) is 6.24. The van der Waals surface area contributed by atoms with Gasteiger partial charge in [0, 0.05) is 17.4 Å². The normalized spacial score (nSPS) is 18.8. The number of aryl methyl sites for hydroxylation is 1. The van der Waals surface area contributed by atoms with Gasteiger partial charge in [-0.2, -0.15) is 0 Å². The molecule has 1 aromatic heterocycles. The smallest absolute Gasteiger partial charge is 0.223 e. The number of carbonyl (C=O) groups is 1. The zero-order valence-corrected chi connectivity index (χ0v) is 20.2. The van der Waals surface area contributed by atoms with Gasteiger partial charge in [0.2, 0.25) is 5.91 Å². The molecule has 6 heteroatoms. The highest BCUT2D eigenvalue weighted by molar-refractivity contribution is 9.10. The second kappa shape index (κ2) is 8.67. The van der Waals surface area contributed by atoms with Crippen molar-refractivity contribution in [3.05, 3.63) is 57.0 Å². The molecule has 4 nitrogen and oxygen atoms in total. The Morgan fingerprint density at radius 3 is 2.70 bits per heavy atom. The Morgan fingerprint density at radius 2 is 2.00 bits per heavy atom. The minimum atomic E-state index is 0.0716. The van der Waals surface area contributed by atoms with Crippen LogP contribution in [-0.4, -0.2) is 29.4 Å². The third kappa shape index (κ3) is 4.26. The lowest BCUT2D eigenvalue weighted by molar-refractivity contribution is -0.129. The zero-order valence-electron chi connectivity index (χ0n) is 17.8. The van der Waals surface area contributed by atoms with E-state index in [4.69, 9.17) is 4.74 Å². The highest BCUT2D eigenvalue weighted by atomic mass is 79.9. The van der Waals surface area contributed by atoms with Crippen LogP contribution in [0.15, 0.2) is 40.9 Å². The predicted octanol–water partition coefficient (Wildman–Crippen LogP) is 6.16. The summed E-state index contributed by atoms with van der Waals surface area (Å²) in [6, 6.07) is 12.4. The van der Waals surface area contributed by atoms with E-state index in [9.17, 15) is 4.79 Å². The number of nitrogens with zero attached hydrogens (tertiary/aromatic N) is 2. The molecule has 0 spiro atoms. The van der Waals surface area contributed by atoms with E-state index < -0.39 is 0 Å². The molecule has 1 saturated heterocycles. The molecule has 3 aromatic rings. The van der Waals surface area contributed by atoms with Crippen LogP contribution in [-0.2, 0) is 11.2 Å². The third-order valence-corrected chi connectivity index (χ3v) is 7.76. The van der Waals surface area contributed by atoms with Gasteiger partial charge in [-0.15, -0.1) is 11.3 Å². The van der Waals surface area contributed by atoms with Crippen molar-refractivity contribution >= 4 is 43.4 Å². The quantitative estimate of drug-likeness (QED) is 0.418. The number of thiazole rings is 1. The SMILES string of the molecule is COc1ccc(C(C)N2CC([C@@H](C)Cc3cc(Br)cc4nc(C)sc34)CC2=O)cc1. The lowest BCUT2D eigenvalue weighted by Gasteiger charge is -2.26. The molecule has 0 aliphatic carbocycles. The first-order valence-electron chi connectivity index (χ1n) is 10.3. The summed E-state index contributed by atoms with van der Waals surface area (Å²) in [6.07, 6.45) is 1.58. The number of hydrogen-bond donors (Lipinski definition) is 0. The number of likely N-dealkylation sites (tertiary alicyclic amines) is 1. The van der Waals surface area contributed by atoms with E-state index in [-0.39, 0.29) is 11.9 Å². The number of benzene rings is 2. The number of aromatic nitrogens is 1. The van der Waals surface area contributed by atoms with Crippen LogP contribution in [0.5, 0.6) is 5.75 Å². The lowest BCUT2D eigenvalue weighted by atomic mass is 9.87. The Labute approximate surface area is 190 Å². The first-order chi connectivity index (χ1) is 14.4. The largest absolute Gasteiger partial charge is 0.497 e. The lowest BCUT2D eigenvalue weighted by Crippen LogP contribution is -2.29. The Balaban J connectivity index is 1.48. The van der Waals surface area contributed by atoms with E-state index in [1.54, 1.807) is 18.4 Å². The summed E-state index contributed by atoms with van der Waals surface area (Å²) in [4.78, 5) is 19.5. The maximum Gasteiger partial charge on any atom is 0.223 e. The number of carbonyl (C=O) groups excluding carboxylic acids is 1. The molecule has 4 rings (SSSR count). The molecular weight excluding hydrogens is 460 g/mol. The van der Waals surface area contributed by atoms with Gasteiger partial charge in [-0.25, -0.2) is 4.98 Å². The van der Waals surface area contributed by atoms with Crippen molar-refractivity contribution in [3.8, 4) is 5.75 Å². The van der Waals surface area contributed by atoms with Gasteiger partial charge in [0.15, 0.2) is 0 Å². The topological polar surface area (TPSA) is 42.4 Å². The Kier molecular flexibility index (Phi) is 6.16. The molecule has 2 heterocycles. The standard InChI is InChI=1S/C24H27BrN2O2S/c1-14(9-18-10-20(25)12-22-24(18)30-16(3)26-22)19-11-23(28)27(13-19)15(2)17-5-7-21(29-4)8-6-17/h5-8,10,12,14-15,19H,9,11,13H2,1-4H3/t14-,15?,19?/m0/s1. The summed E-state index contributed by atoms with van der Waals surface area (Å²) >= 11 is 5.39. The van der Waals surface area contributed by atoms with E-state index in [2.05, 4.69) is 66.0 Å². The molecule has 0 radical (unpaired) electrons. The molecule has 1 amide bonds. The van der Waals surface area contributed by atoms with E-state index in [1.165, 1.54) is 10.3 Å². The van der Waals surface area contributed by atoms with Crippen molar-refractivity contribution in [3.63, 3.8) is 0 Å². The molecule has 1 aliphatic rings. The fraction of sp³-hybridized carbons (Fsp3) is 0.417. The van der Waals surface area contributed by atoms with Gasteiger partial charge in [-0.3, -0.25) is 4.79 Å². The fourth-order valence-corrected chi connectivity index (χ4v) is 5.83. The van der Waals surface area contributed by atoms with E-state index in [0.717, 1.165) is 39.3 Å². The van der Waals surface area contributed by atoms with Crippen molar-refractivity contribution in [2.75, 3.05) is 13.7 Å². The first kappa shape index (κ1) is 21.3. The van der Waals surface area contributed by atoms with E-state index in [0.29, 0.717) is 18.3 Å². The summed E-state index contributed by atoms with van der Waals surface area (Å²) < 4.78 is 7.60. The van der Waals surface area contributed by atoms with Crippen LogP contribution < -0.4 is 4.74 Å². The number of rotatable bonds is 6. The minimum Gasteiger partial charge on any atom is -0.497 e. The summed E-state index contributed by atoms with van der Waals surface area (Å²) in [5, 5.41) is 1.09. The van der Waals surface area contributed by atoms with Crippen LogP contribution in [0.25, 0.3) is 10.2 Å². The second-order valence-electron chi connectivity index (χ2n) is 8.29. The maximum atomic E-state index is 12.8. The van der Waals surface area contributed by atoms with Gasteiger partial charge in [0.1, 0.15) is 5.75 Å². The van der Waals surface area contributed by atoms with Crippen LogP contribution in [0.3, 0.4) is 0 Å². The monoisotopic (exact) mass is 486 g/mol. The first-order valence-corrected chi connectivity index (χ1v) is 12.0. The molecular formula is C24H27BrN2O2S. The van der Waals surface area contributed by atoms with E-state index >= 15 is 0 Å². The van der Waals surface area contributed by atoms with Crippen LogP contribution in [0.2, 0.25) is 0 Å². The summed E-state index contributed by atoms with van der Waals surface area (Å²) in [5.74, 6) is 1.87. The molecule has 158 valence electrons. The number of hydrogen-bond acceptors (Lipinski definition) is 4. The molecule has 0 bridgehead atoms. The average molecular weight is 487 g/mol. The molecule has 0 saturated carbocycles. The molecule has 30 heavy (non-hydrogen) atoms. The van der Waals surface area contributed by atoms with Crippen molar-refractivity contribution < 1.29 is 9.53 Å². The van der Waals surface area contributed by atoms with Crippen LogP contribution in [0.1, 0.15) is 42.4 Å². The fourth-order valence-electron chi connectivity index (χ4n) is 4.42. The summed E-state index contributed by atoms with van der Waals surface area (Å²) in [7, 11) is 1.67. The van der Waals surface area contributed by atoms with E-state index in [1.807, 2.05) is 17.0 Å². The number of methoxy groups -OCH3 is 1. The van der Waals surface area contributed by atoms with Gasteiger partial charge in [0.25, 0.3) is 0 Å². The Hall–Kier alpha value is -1.92. The highest BCUT2D eigenvalue weighted by Gasteiger charge is 2.36. The van der Waals surface area contributed by atoms with Crippen LogP contribution in [0.4, 0.5) is 0 Å². The highest BCUT2D eigenvalue weighted by Crippen LogP contribution is 2.36. The van der Waals surface area contributed by atoms with Crippen LogP contribution in [0, 0.1) is 18.8 Å². The summed E-state index contributed by atoms with van der Waals surface area (Å²) in [6.45, 7) is 7.26. The van der Waals surface area contributed by atoms with Gasteiger partial charge in [-0.1, -0.05) is 35.0 Å². The van der Waals surface area contributed by atoms with Crippen molar-refractivity contribution in [2.45, 2.75) is 39.7 Å². The average Bonchev–Trinajstić information content (AvgIpc) is 3.29. The number of fused-ring (bicyclic) bond motifs is 1. The second-order valence-corrected chi connectivity index (χ2v) is 10.4. The van der Waals surface area contributed by atoms with Crippen molar-refractivity contribution in [1.82, 2.24) is 9.88 Å². The van der Waals surface area contributed by atoms with Gasteiger partial charge in [-0.05, 0) is 67.5 Å². The minimum absolute atomic E-state index is 0.0716. The number of amides is 1. The van der Waals surface area contributed by atoms with Crippen molar-refractivity contribution in [2.24, 2.45) is 11.8 Å². The molecule has 1 fully saturated rings. The molecule has 0 N–H and O–H groups in total. The molecule has 2 unspecified atom stereocenters. The maximum absolute atomic E-state index is 12.8. The molecule has 3 atom stereocenters. The van der Waals surface area contributed by atoms with Crippen molar-refractivity contribution in [1.29, 1.82) is 0 Å². The Bertz CT molecular complexity index is 1060. The predicted molar refractivity (Wildman–Crippen MR) is 126 cm³/mol. The molecule has 1 aliphatic heterocycles. The Morgan fingerprint density at radius 1 is 1.27 bits per heavy atom. The number of ether oxygens (including phenoxy) is 1.